The van der Waals surface area contributed by atoms with Crippen LogP contribution in [-0.2, 0) is 9.84 Å². The van der Waals surface area contributed by atoms with Crippen molar-refractivity contribution in [3.63, 3.8) is 0 Å². The highest BCUT2D eigenvalue weighted by atomic mass is 32.2. The van der Waals surface area contributed by atoms with E-state index in [1.54, 1.807) is 12.1 Å². The molecule has 0 radical (unpaired) electrons. The average molecular weight is 307 g/mol. The molecule has 0 amide bonds. The van der Waals surface area contributed by atoms with Gasteiger partial charge in [-0.3, -0.25) is 4.90 Å². The summed E-state index contributed by atoms with van der Waals surface area (Å²) in [4.78, 5) is 4.78. The maximum atomic E-state index is 12.3. The lowest BCUT2D eigenvalue weighted by molar-refractivity contribution is 0.106. The summed E-state index contributed by atoms with van der Waals surface area (Å²) >= 11 is 0. The Morgan fingerprint density at radius 1 is 1.29 bits per heavy atom. The summed E-state index contributed by atoms with van der Waals surface area (Å²) < 4.78 is 24.7. The highest BCUT2D eigenvalue weighted by Gasteiger charge is 2.23. The van der Waals surface area contributed by atoms with Crippen LogP contribution in [0.15, 0.2) is 29.2 Å². The summed E-state index contributed by atoms with van der Waals surface area (Å²) in [6.45, 7) is 5.53. The molecule has 1 atom stereocenters. The Hall–Kier alpha value is -1.42. The van der Waals surface area contributed by atoms with Crippen molar-refractivity contribution in [2.24, 2.45) is 0 Å². The SMILES string of the molecule is CC1CN(C)CCN1CCS(=O)(=O)c1ccc(C#N)cc1. The molecule has 0 aliphatic carbocycles. The van der Waals surface area contributed by atoms with E-state index >= 15 is 0 Å². The van der Waals surface area contributed by atoms with E-state index < -0.39 is 9.84 Å². The quantitative estimate of drug-likeness (QED) is 0.829. The predicted molar refractivity (Wildman–Crippen MR) is 81.7 cm³/mol. The Kier molecular flexibility index (Phi) is 4.99. The first-order chi connectivity index (χ1) is 9.92. The number of nitrogens with zero attached hydrogens (tertiary/aromatic N) is 3. The van der Waals surface area contributed by atoms with Gasteiger partial charge in [0.1, 0.15) is 0 Å². The zero-order valence-corrected chi connectivity index (χ0v) is 13.3. The smallest absolute Gasteiger partial charge is 0.179 e. The van der Waals surface area contributed by atoms with E-state index in [-0.39, 0.29) is 5.75 Å². The third kappa shape index (κ3) is 4.03. The van der Waals surface area contributed by atoms with Gasteiger partial charge in [0.15, 0.2) is 9.84 Å². The maximum absolute atomic E-state index is 12.3. The Labute approximate surface area is 126 Å². The van der Waals surface area contributed by atoms with E-state index in [2.05, 4.69) is 23.8 Å². The molecule has 1 aromatic rings. The van der Waals surface area contributed by atoms with Gasteiger partial charge in [0.2, 0.25) is 0 Å². The van der Waals surface area contributed by atoms with Gasteiger partial charge in [-0.25, -0.2) is 8.42 Å². The molecule has 1 heterocycles. The van der Waals surface area contributed by atoms with Crippen LogP contribution < -0.4 is 0 Å². The molecule has 114 valence electrons. The lowest BCUT2D eigenvalue weighted by Gasteiger charge is -2.38. The second kappa shape index (κ2) is 6.56. The lowest BCUT2D eigenvalue weighted by atomic mass is 10.2. The summed E-state index contributed by atoms with van der Waals surface area (Å²) in [5.41, 5.74) is 0.474. The normalized spacial score (nSPS) is 21.1. The molecule has 1 aliphatic rings. The molecule has 5 nitrogen and oxygen atoms in total. The molecule has 2 rings (SSSR count). The van der Waals surface area contributed by atoms with Gasteiger partial charge in [-0.05, 0) is 38.2 Å². The number of nitriles is 1. The summed E-state index contributed by atoms with van der Waals surface area (Å²) in [6.07, 6.45) is 0. The number of benzene rings is 1. The number of likely N-dealkylation sites (N-methyl/N-ethyl adjacent to an activating group) is 1. The topological polar surface area (TPSA) is 64.4 Å². The fourth-order valence-electron chi connectivity index (χ4n) is 2.60. The summed E-state index contributed by atoms with van der Waals surface area (Å²) in [7, 11) is -1.20. The van der Waals surface area contributed by atoms with Crippen LogP contribution in [0.2, 0.25) is 0 Å². The number of sulfone groups is 1. The number of piperazine rings is 1. The van der Waals surface area contributed by atoms with E-state index in [1.807, 2.05) is 6.07 Å². The van der Waals surface area contributed by atoms with Gasteiger partial charge in [0.25, 0.3) is 0 Å². The molecule has 0 spiro atoms. The van der Waals surface area contributed by atoms with Gasteiger partial charge >= 0.3 is 0 Å². The zero-order chi connectivity index (χ0) is 15.5. The third-order valence-corrected chi connectivity index (χ3v) is 5.67. The molecule has 21 heavy (non-hydrogen) atoms. The van der Waals surface area contributed by atoms with Crippen LogP contribution in [0.3, 0.4) is 0 Å². The molecule has 1 aromatic carbocycles. The maximum Gasteiger partial charge on any atom is 0.179 e. The van der Waals surface area contributed by atoms with Crippen LogP contribution in [0.25, 0.3) is 0 Å². The predicted octanol–water partition coefficient (Wildman–Crippen LogP) is 0.968. The molecule has 0 bridgehead atoms. The van der Waals surface area contributed by atoms with Crippen LogP contribution in [0.5, 0.6) is 0 Å². The van der Waals surface area contributed by atoms with Gasteiger partial charge in [-0.1, -0.05) is 0 Å². The van der Waals surface area contributed by atoms with Crippen LogP contribution in [0.1, 0.15) is 12.5 Å². The van der Waals surface area contributed by atoms with Gasteiger partial charge in [-0.2, -0.15) is 5.26 Å². The second-order valence-electron chi connectivity index (χ2n) is 5.60. The van der Waals surface area contributed by atoms with E-state index in [4.69, 9.17) is 5.26 Å². The molecule has 0 N–H and O–H groups in total. The third-order valence-electron chi connectivity index (χ3n) is 3.96. The van der Waals surface area contributed by atoms with Crippen molar-refractivity contribution in [3.05, 3.63) is 29.8 Å². The summed E-state index contributed by atoms with van der Waals surface area (Å²) in [5.74, 6) is 0.118. The fourth-order valence-corrected chi connectivity index (χ4v) is 3.86. The monoisotopic (exact) mass is 307 g/mol. The fraction of sp³-hybridized carbons (Fsp3) is 0.533. The summed E-state index contributed by atoms with van der Waals surface area (Å²) in [6, 6.07) is 8.49. The average Bonchev–Trinajstić information content (AvgIpc) is 2.46. The molecule has 1 fully saturated rings. The zero-order valence-electron chi connectivity index (χ0n) is 12.5. The van der Waals surface area contributed by atoms with Crippen molar-refractivity contribution in [2.45, 2.75) is 17.9 Å². The van der Waals surface area contributed by atoms with Crippen LogP contribution in [0.4, 0.5) is 0 Å². The van der Waals surface area contributed by atoms with Gasteiger partial charge in [0.05, 0.1) is 22.3 Å². The van der Waals surface area contributed by atoms with Gasteiger partial charge in [0, 0.05) is 32.2 Å². The van der Waals surface area contributed by atoms with Crippen molar-refractivity contribution in [1.29, 1.82) is 5.26 Å². The molecule has 1 saturated heterocycles. The Morgan fingerprint density at radius 3 is 2.52 bits per heavy atom. The highest BCUT2D eigenvalue weighted by molar-refractivity contribution is 7.91. The molecule has 6 heteroatoms. The van der Waals surface area contributed by atoms with Crippen LogP contribution in [-0.4, -0.2) is 63.2 Å². The van der Waals surface area contributed by atoms with E-state index in [1.165, 1.54) is 12.1 Å². The van der Waals surface area contributed by atoms with Gasteiger partial charge < -0.3 is 4.90 Å². The van der Waals surface area contributed by atoms with Gasteiger partial charge in [-0.15, -0.1) is 0 Å². The van der Waals surface area contributed by atoms with E-state index in [9.17, 15) is 8.42 Å². The molecule has 0 aromatic heterocycles. The van der Waals surface area contributed by atoms with E-state index in [0.717, 1.165) is 19.6 Å². The molecule has 0 saturated carbocycles. The number of rotatable bonds is 4. The molecular weight excluding hydrogens is 286 g/mol. The number of hydrogen-bond donors (Lipinski definition) is 0. The lowest BCUT2D eigenvalue weighted by Crippen LogP contribution is -2.51. The Balaban J connectivity index is 1.99. The van der Waals surface area contributed by atoms with Crippen LogP contribution in [0, 0.1) is 11.3 Å². The van der Waals surface area contributed by atoms with Crippen LogP contribution >= 0.6 is 0 Å². The minimum Gasteiger partial charge on any atom is -0.304 e. The molecular formula is C15H21N3O2S. The standard InChI is InChI=1S/C15H21N3O2S/c1-13-12-17(2)7-8-18(13)9-10-21(19,20)15-5-3-14(11-16)4-6-15/h3-6,13H,7-10,12H2,1-2H3. The Morgan fingerprint density at radius 2 is 1.95 bits per heavy atom. The molecule has 1 aliphatic heterocycles. The van der Waals surface area contributed by atoms with Crippen molar-refractivity contribution in [1.82, 2.24) is 9.80 Å². The first-order valence-electron chi connectivity index (χ1n) is 7.08. The minimum atomic E-state index is -3.29. The van der Waals surface area contributed by atoms with Crippen molar-refractivity contribution in [3.8, 4) is 6.07 Å². The number of hydrogen-bond acceptors (Lipinski definition) is 5. The van der Waals surface area contributed by atoms with Crippen molar-refractivity contribution in [2.75, 3.05) is 39.0 Å². The first kappa shape index (κ1) is 16.0. The van der Waals surface area contributed by atoms with Crippen molar-refractivity contribution < 1.29 is 8.42 Å². The first-order valence-corrected chi connectivity index (χ1v) is 8.73. The largest absolute Gasteiger partial charge is 0.304 e. The highest BCUT2D eigenvalue weighted by Crippen LogP contribution is 2.14. The van der Waals surface area contributed by atoms with Crippen molar-refractivity contribution >= 4 is 9.84 Å². The Bertz CT molecular complexity index is 619. The minimum absolute atomic E-state index is 0.118. The molecule has 1 unspecified atom stereocenters. The second-order valence-corrected chi connectivity index (χ2v) is 7.71. The summed E-state index contributed by atoms with van der Waals surface area (Å²) in [5, 5.41) is 8.75. The van der Waals surface area contributed by atoms with E-state index in [0.29, 0.717) is 23.0 Å².